The zero-order valence-electron chi connectivity index (χ0n) is 29.5. The molecule has 0 spiro atoms. The molecule has 4 rings (SSSR count). The lowest BCUT2D eigenvalue weighted by Gasteiger charge is -2.26. The molecular weight excluding hydrogens is 662 g/mol. The molecule has 1 atom stereocenters. The molecule has 0 bridgehead atoms. The highest BCUT2D eigenvalue weighted by Crippen LogP contribution is 2.30. The van der Waals surface area contributed by atoms with Crippen LogP contribution in [-0.2, 0) is 30.4 Å². The Morgan fingerprint density at radius 2 is 1.51 bits per heavy atom. The number of hydrogen-bond acceptors (Lipinski definition) is 11. The van der Waals surface area contributed by atoms with E-state index in [1.807, 2.05) is 0 Å². The molecule has 15 nitrogen and oxygen atoms in total. The van der Waals surface area contributed by atoms with Gasteiger partial charge in [0.15, 0.2) is 5.82 Å². The van der Waals surface area contributed by atoms with E-state index in [9.17, 15) is 24.0 Å². The molecule has 2 heterocycles. The maximum absolute atomic E-state index is 13.1. The van der Waals surface area contributed by atoms with E-state index in [0.717, 1.165) is 0 Å². The summed E-state index contributed by atoms with van der Waals surface area (Å²) in [5.41, 5.74) is 0.0440. The summed E-state index contributed by atoms with van der Waals surface area (Å²) in [5.74, 6) is -1.67. The molecule has 1 aliphatic rings. The van der Waals surface area contributed by atoms with Crippen LogP contribution in [0.3, 0.4) is 0 Å². The van der Waals surface area contributed by atoms with Gasteiger partial charge in [0.1, 0.15) is 30.2 Å². The molecular formula is C36H43N5O10. The van der Waals surface area contributed by atoms with Crippen LogP contribution >= 0.6 is 0 Å². The zero-order valence-corrected chi connectivity index (χ0v) is 29.5. The van der Waals surface area contributed by atoms with Crippen molar-refractivity contribution in [2.75, 3.05) is 25.1 Å². The maximum atomic E-state index is 13.1. The van der Waals surface area contributed by atoms with E-state index >= 15 is 0 Å². The van der Waals surface area contributed by atoms with Gasteiger partial charge in [0.25, 0.3) is 11.8 Å². The summed E-state index contributed by atoms with van der Waals surface area (Å²) < 4.78 is 23.3. The summed E-state index contributed by atoms with van der Waals surface area (Å²) >= 11 is 0. The number of esters is 1. The fraction of sp³-hybridized carbons (Fsp3) is 0.389. The van der Waals surface area contributed by atoms with Gasteiger partial charge in [-0.3, -0.25) is 19.6 Å². The second-order valence-electron chi connectivity index (χ2n) is 13.4. The minimum atomic E-state index is -1.47. The van der Waals surface area contributed by atoms with E-state index in [2.05, 4.69) is 22.3 Å². The molecule has 2 N–H and O–H groups in total. The van der Waals surface area contributed by atoms with Gasteiger partial charge in [0.2, 0.25) is 6.10 Å². The number of ether oxygens (including phenoxy) is 4. The number of carbonyl (C=O) groups is 5. The molecule has 15 heteroatoms. The Bertz CT molecular complexity index is 1720. The smallest absolute Gasteiger partial charge is 0.413 e. The van der Waals surface area contributed by atoms with Crippen molar-refractivity contribution >= 4 is 35.8 Å². The number of hydrogen-bond donors (Lipinski definition) is 2. The SMILES string of the molecule is C=CCOC(=O)Nc1nn(CCCNC(=O)OC(C)(C)C)cc1-c1ccc(OC[C@H](ON2C(=O)c3ccccc3C2=O)C(=O)OC(C)(C)C)cc1. The van der Waals surface area contributed by atoms with Gasteiger partial charge in [0.05, 0.1) is 11.1 Å². The molecule has 1 aliphatic heterocycles. The number of nitrogens with zero attached hydrogens (tertiary/aromatic N) is 3. The summed E-state index contributed by atoms with van der Waals surface area (Å²) in [6.45, 7) is 14.3. The first kappa shape index (κ1) is 38.1. The molecule has 3 aromatic rings. The molecule has 0 saturated heterocycles. The third-order valence-corrected chi connectivity index (χ3v) is 6.77. The number of carbonyl (C=O) groups excluding carboxylic acids is 5. The van der Waals surface area contributed by atoms with E-state index in [1.54, 1.807) is 88.8 Å². The first-order chi connectivity index (χ1) is 24.0. The fourth-order valence-corrected chi connectivity index (χ4v) is 4.65. The molecule has 2 aromatic carbocycles. The van der Waals surface area contributed by atoms with Crippen LogP contribution in [0.2, 0.25) is 0 Å². The van der Waals surface area contributed by atoms with Crippen molar-refractivity contribution in [2.45, 2.75) is 71.8 Å². The molecule has 0 aliphatic carbocycles. The molecule has 0 saturated carbocycles. The van der Waals surface area contributed by atoms with Gasteiger partial charge in [-0.1, -0.05) is 36.9 Å². The number of aryl methyl sites for hydroxylation is 1. The Morgan fingerprint density at radius 1 is 0.882 bits per heavy atom. The lowest BCUT2D eigenvalue weighted by Crippen LogP contribution is -2.43. The standard InChI is InChI=1S/C36H43N5O10/c1-8-20-47-34(46)38-29-27(21-40(39-29)19-11-18-37-33(45)50-36(5,6)7)23-14-16-24(17-15-23)48-22-28(32(44)49-35(2,3)4)51-41-30(42)25-12-9-10-13-26(25)31(41)43/h8-10,12-17,21,28H,1,11,18-20,22H2,2-7H3,(H,37,45)(H,38,39,46)/t28-/m0/s1. The van der Waals surface area contributed by atoms with Crippen LogP contribution in [0.1, 0.15) is 68.7 Å². The van der Waals surface area contributed by atoms with Gasteiger partial charge >= 0.3 is 18.2 Å². The largest absolute Gasteiger partial charge is 0.490 e. The van der Waals surface area contributed by atoms with Crippen molar-refractivity contribution in [3.63, 3.8) is 0 Å². The summed E-state index contributed by atoms with van der Waals surface area (Å²) in [6, 6.07) is 12.9. The minimum Gasteiger partial charge on any atom is -0.490 e. The predicted octanol–water partition coefficient (Wildman–Crippen LogP) is 5.52. The van der Waals surface area contributed by atoms with Crippen molar-refractivity contribution in [1.29, 1.82) is 0 Å². The quantitative estimate of drug-likeness (QED) is 0.0710. The third-order valence-electron chi connectivity index (χ3n) is 6.77. The average Bonchev–Trinajstić information content (AvgIpc) is 3.56. The van der Waals surface area contributed by atoms with E-state index in [4.69, 9.17) is 23.8 Å². The first-order valence-electron chi connectivity index (χ1n) is 16.2. The summed E-state index contributed by atoms with van der Waals surface area (Å²) in [7, 11) is 0. The number of anilines is 1. The molecule has 0 radical (unpaired) electrons. The van der Waals surface area contributed by atoms with Gasteiger partial charge in [-0.2, -0.15) is 5.10 Å². The number of alkyl carbamates (subject to hydrolysis) is 1. The zero-order chi connectivity index (χ0) is 37.3. The van der Waals surface area contributed by atoms with Crippen LogP contribution in [0.5, 0.6) is 5.75 Å². The number of hydroxylamine groups is 2. The number of rotatable bonds is 14. The lowest BCUT2D eigenvalue weighted by molar-refractivity contribution is -0.193. The van der Waals surface area contributed by atoms with Crippen LogP contribution in [0.25, 0.3) is 11.1 Å². The van der Waals surface area contributed by atoms with Crippen LogP contribution in [-0.4, -0.2) is 81.9 Å². The summed E-state index contributed by atoms with van der Waals surface area (Å²) in [6.07, 6.45) is 0.987. The van der Waals surface area contributed by atoms with Crippen molar-refractivity contribution in [1.82, 2.24) is 20.2 Å². The fourth-order valence-electron chi connectivity index (χ4n) is 4.65. The van der Waals surface area contributed by atoms with Crippen LogP contribution < -0.4 is 15.4 Å². The Balaban J connectivity index is 1.46. The van der Waals surface area contributed by atoms with Crippen molar-refractivity contribution in [3.05, 3.63) is 78.5 Å². The number of nitrogens with one attached hydrogen (secondary N) is 2. The van der Waals surface area contributed by atoms with Crippen molar-refractivity contribution in [3.8, 4) is 16.9 Å². The predicted molar refractivity (Wildman–Crippen MR) is 185 cm³/mol. The molecule has 272 valence electrons. The Kier molecular flexibility index (Phi) is 12.2. The molecule has 0 fully saturated rings. The molecule has 1 aromatic heterocycles. The lowest BCUT2D eigenvalue weighted by atomic mass is 10.1. The number of amides is 4. The summed E-state index contributed by atoms with van der Waals surface area (Å²) in [4.78, 5) is 68.9. The van der Waals surface area contributed by atoms with Gasteiger partial charge in [0, 0.05) is 24.8 Å². The van der Waals surface area contributed by atoms with Crippen LogP contribution in [0.4, 0.5) is 15.4 Å². The molecule has 51 heavy (non-hydrogen) atoms. The highest BCUT2D eigenvalue weighted by Gasteiger charge is 2.40. The van der Waals surface area contributed by atoms with E-state index in [-0.39, 0.29) is 23.6 Å². The second-order valence-corrected chi connectivity index (χ2v) is 13.4. The number of fused-ring (bicyclic) bond motifs is 1. The highest BCUT2D eigenvalue weighted by molar-refractivity contribution is 6.20. The summed E-state index contributed by atoms with van der Waals surface area (Å²) in [5, 5.41) is 10.4. The van der Waals surface area contributed by atoms with Crippen molar-refractivity contribution in [2.24, 2.45) is 0 Å². The van der Waals surface area contributed by atoms with E-state index in [1.165, 1.54) is 18.2 Å². The van der Waals surface area contributed by atoms with Crippen LogP contribution in [0.15, 0.2) is 67.4 Å². The van der Waals surface area contributed by atoms with Crippen molar-refractivity contribution < 1.29 is 47.8 Å². The van der Waals surface area contributed by atoms with Gasteiger partial charge in [-0.05, 0) is 77.8 Å². The monoisotopic (exact) mass is 705 g/mol. The van der Waals surface area contributed by atoms with Crippen LogP contribution in [0, 0.1) is 0 Å². The Labute approximate surface area is 295 Å². The molecule has 0 unspecified atom stereocenters. The Hall–Kier alpha value is -5.70. The minimum absolute atomic E-state index is 0.00522. The second kappa shape index (κ2) is 16.3. The van der Waals surface area contributed by atoms with Gasteiger partial charge in [-0.25, -0.2) is 19.2 Å². The number of benzene rings is 2. The average molecular weight is 706 g/mol. The maximum Gasteiger partial charge on any atom is 0.413 e. The number of imide groups is 1. The molecule has 4 amide bonds. The first-order valence-corrected chi connectivity index (χ1v) is 16.2. The van der Waals surface area contributed by atoms with E-state index in [0.29, 0.717) is 41.4 Å². The highest BCUT2D eigenvalue weighted by atomic mass is 16.7. The third kappa shape index (κ3) is 10.9. The topological polar surface area (TPSA) is 177 Å². The normalized spacial score (nSPS) is 13.3. The Morgan fingerprint density at radius 3 is 2.10 bits per heavy atom. The van der Waals surface area contributed by atoms with Gasteiger partial charge in [-0.15, -0.1) is 5.06 Å². The van der Waals surface area contributed by atoms with E-state index < -0.39 is 53.9 Å². The number of aromatic nitrogens is 2. The van der Waals surface area contributed by atoms with Gasteiger partial charge < -0.3 is 24.3 Å².